The van der Waals surface area contributed by atoms with E-state index in [4.69, 9.17) is 27.5 Å². The molecule has 0 spiro atoms. The van der Waals surface area contributed by atoms with Gasteiger partial charge in [-0.05, 0) is 37.9 Å². The molecule has 1 aromatic carbocycles. The summed E-state index contributed by atoms with van der Waals surface area (Å²) in [5.74, 6) is 12.3. The lowest BCUT2D eigenvalue weighted by Crippen LogP contribution is -2.36. The lowest BCUT2D eigenvalue weighted by molar-refractivity contribution is 0.397. The first kappa shape index (κ1) is 29.3. The molecule has 1 unspecified atom stereocenters. The first-order chi connectivity index (χ1) is 16.5. The smallest absolute Gasteiger partial charge is 0.198 e. The van der Waals surface area contributed by atoms with E-state index in [1.807, 2.05) is 18.3 Å². The van der Waals surface area contributed by atoms with Gasteiger partial charge in [0.1, 0.15) is 23.7 Å². The van der Waals surface area contributed by atoms with Crippen molar-refractivity contribution in [2.75, 3.05) is 42.4 Å². The number of aromatic nitrogens is 2. The van der Waals surface area contributed by atoms with E-state index in [2.05, 4.69) is 30.2 Å². The van der Waals surface area contributed by atoms with Crippen molar-refractivity contribution < 1.29 is 8.84 Å². The maximum atomic E-state index is 13.1. The van der Waals surface area contributed by atoms with Crippen molar-refractivity contribution in [3.05, 3.63) is 35.9 Å². The average molecular weight is 546 g/mol. The number of nitrogens with zero attached hydrogens (tertiary/aromatic N) is 4. The molecule has 0 bridgehead atoms. The largest absolute Gasteiger partial charge is 0.593 e. The summed E-state index contributed by atoms with van der Waals surface area (Å²) in [5, 5.41) is 4.02. The predicted molar refractivity (Wildman–Crippen MR) is 147 cm³/mol. The average Bonchev–Trinajstić information content (AvgIpc) is 3.39. The van der Waals surface area contributed by atoms with E-state index in [9.17, 15) is 4.55 Å². The summed E-state index contributed by atoms with van der Waals surface area (Å²) < 4.78 is 22.6. The first-order valence-electron chi connectivity index (χ1n) is 10.8. The number of anilines is 2. The van der Waals surface area contributed by atoms with E-state index in [0.29, 0.717) is 41.6 Å². The van der Waals surface area contributed by atoms with Crippen molar-refractivity contribution in [3.63, 3.8) is 0 Å². The number of hydrogen-bond donors (Lipinski definition) is 7. The first-order valence-corrected chi connectivity index (χ1v) is 12.7. The Morgan fingerprint density at radius 2 is 2.17 bits per heavy atom. The number of hydrazone groups is 1. The van der Waals surface area contributed by atoms with Crippen LogP contribution >= 0.6 is 25.7 Å². The fraction of sp³-hybridized carbons (Fsp3) is 0.474. The van der Waals surface area contributed by atoms with E-state index in [0.717, 1.165) is 49.7 Å². The van der Waals surface area contributed by atoms with Crippen LogP contribution in [0.1, 0.15) is 36.6 Å². The molecule has 35 heavy (non-hydrogen) atoms. The topological polar surface area (TPSA) is 208 Å². The second-order valence-electron chi connectivity index (χ2n) is 7.64. The Kier molecular flexibility index (Phi) is 12.3. The Morgan fingerprint density at radius 3 is 2.77 bits per heavy atom. The molecule has 0 saturated carbocycles. The molecule has 1 fully saturated rings. The van der Waals surface area contributed by atoms with Crippen LogP contribution in [-0.2, 0) is 15.6 Å². The van der Waals surface area contributed by atoms with E-state index in [1.54, 1.807) is 17.5 Å². The van der Waals surface area contributed by atoms with Crippen molar-refractivity contribution in [3.8, 4) is 0 Å². The van der Waals surface area contributed by atoms with E-state index in [-0.39, 0.29) is 19.3 Å². The van der Waals surface area contributed by atoms with E-state index in [1.165, 1.54) is 0 Å². The van der Waals surface area contributed by atoms with E-state index < -0.39 is 11.4 Å². The van der Waals surface area contributed by atoms with Gasteiger partial charge in [0.2, 0.25) is 0 Å². The van der Waals surface area contributed by atoms with E-state index >= 15 is 0 Å². The molecule has 11 N–H and O–H groups in total. The van der Waals surface area contributed by atoms with Crippen LogP contribution in [0.5, 0.6) is 0 Å². The van der Waals surface area contributed by atoms with Crippen LogP contribution in [0.15, 0.2) is 34.5 Å². The highest BCUT2D eigenvalue weighted by Crippen LogP contribution is 2.40. The molecule has 3 rings (SSSR count). The number of hydrazine groups is 1. The van der Waals surface area contributed by atoms with Crippen LogP contribution < -0.4 is 42.7 Å². The molecule has 1 saturated heterocycles. The zero-order valence-electron chi connectivity index (χ0n) is 19.6. The van der Waals surface area contributed by atoms with Gasteiger partial charge in [-0.2, -0.15) is 13.5 Å². The maximum absolute atomic E-state index is 13.1. The van der Waals surface area contributed by atoms with Gasteiger partial charge in [-0.25, -0.2) is 26.5 Å². The second-order valence-corrected chi connectivity index (χ2v) is 9.80. The molecule has 2 heterocycles. The highest BCUT2D eigenvalue weighted by atomic mass is 32.2. The molecule has 2 aromatic rings. The molecule has 1 aliphatic rings. The number of benzene rings is 1. The summed E-state index contributed by atoms with van der Waals surface area (Å²) >= 11 is -0.657. The maximum Gasteiger partial charge on any atom is 0.198 e. The molecule has 0 aliphatic carbocycles. The quantitative estimate of drug-likeness (QED) is 0.0271. The number of nitrogens with two attached hydrogens (primary N) is 4. The van der Waals surface area contributed by atoms with Crippen molar-refractivity contribution in [1.82, 2.24) is 20.2 Å². The van der Waals surface area contributed by atoms with Gasteiger partial charge in [0.25, 0.3) is 0 Å². The summed E-state index contributed by atoms with van der Waals surface area (Å²) in [6.07, 6.45) is 6.14. The SMILES string of the molecule is CN(SON)c1c([S+]([O-])NCCCN)ccc(N2CCC(c3ncc[nH]3)CC2)c1/C(N)=N/NN.S. The minimum absolute atomic E-state index is 0. The summed E-state index contributed by atoms with van der Waals surface area (Å²) in [5.41, 5.74) is 16.2. The van der Waals surface area contributed by atoms with Crippen molar-refractivity contribution >= 4 is 54.3 Å². The van der Waals surface area contributed by atoms with Gasteiger partial charge in [-0.15, -0.1) is 9.82 Å². The summed E-state index contributed by atoms with van der Waals surface area (Å²) in [6.45, 7) is 2.55. The minimum atomic E-state index is -1.54. The summed E-state index contributed by atoms with van der Waals surface area (Å²) in [6, 6.07) is 3.72. The third-order valence-corrected chi connectivity index (χ3v) is 7.27. The van der Waals surface area contributed by atoms with Gasteiger partial charge in [-0.3, -0.25) is 4.31 Å². The highest BCUT2D eigenvalue weighted by molar-refractivity contribution is 7.96. The van der Waals surface area contributed by atoms with Gasteiger partial charge in [0.15, 0.2) is 10.7 Å². The molecule has 0 amide bonds. The van der Waals surface area contributed by atoms with Crippen molar-refractivity contribution in [1.29, 1.82) is 0 Å². The molecular formula is C19H35N11O2S3. The van der Waals surface area contributed by atoms with Crippen LogP contribution in [0.25, 0.3) is 0 Å². The van der Waals surface area contributed by atoms with Gasteiger partial charge >= 0.3 is 0 Å². The molecule has 196 valence electrons. The monoisotopic (exact) mass is 545 g/mol. The normalized spacial score (nSPS) is 15.6. The standard InChI is InChI=1S/C19H33N11O2S2.H2S/c1-29(33-32-23)17-15(34(31)26-8-2-7-20)4-3-14(16(17)18(21)27-28-22)30-11-5-13(6-12-30)19-24-9-10-25-19;/h3-4,9-10,13,26,28H,2,5-8,11-12,20,22-23H2,1H3,(H2,21,27)(H,24,25);1H2. The molecular weight excluding hydrogens is 510 g/mol. The molecule has 1 aromatic heterocycles. The zero-order valence-corrected chi connectivity index (χ0v) is 22.2. The van der Waals surface area contributed by atoms with Crippen molar-refractivity contribution in [2.45, 2.75) is 30.1 Å². The Morgan fingerprint density at radius 1 is 1.43 bits per heavy atom. The highest BCUT2D eigenvalue weighted by Gasteiger charge is 2.31. The van der Waals surface area contributed by atoms with Crippen LogP contribution in [0.2, 0.25) is 0 Å². The molecule has 1 atom stereocenters. The fourth-order valence-electron chi connectivity index (χ4n) is 4.01. The van der Waals surface area contributed by atoms with Gasteiger partial charge in [-0.1, -0.05) is 0 Å². The molecule has 16 heteroatoms. The molecule has 0 radical (unpaired) electrons. The number of H-pyrrole nitrogens is 1. The predicted octanol–water partition coefficient (Wildman–Crippen LogP) is -0.159. The minimum Gasteiger partial charge on any atom is -0.593 e. The number of amidine groups is 1. The fourth-order valence-corrected chi connectivity index (χ4v) is 5.55. The summed E-state index contributed by atoms with van der Waals surface area (Å²) in [7, 11) is 1.74. The van der Waals surface area contributed by atoms with Crippen LogP contribution in [-0.4, -0.2) is 53.6 Å². The van der Waals surface area contributed by atoms with Crippen LogP contribution in [0.4, 0.5) is 11.4 Å². The Balaban J connectivity index is 0.00000432. The third-order valence-electron chi connectivity index (χ3n) is 5.59. The van der Waals surface area contributed by atoms with Gasteiger partial charge in [0.05, 0.1) is 22.6 Å². The van der Waals surface area contributed by atoms with Crippen LogP contribution in [0, 0.1) is 0 Å². The number of imidazole rings is 1. The molecule has 13 nitrogen and oxygen atoms in total. The number of hydrogen-bond acceptors (Lipinski definition) is 12. The van der Waals surface area contributed by atoms with Crippen LogP contribution in [0.3, 0.4) is 0 Å². The second kappa shape index (κ2) is 14.6. The Bertz CT molecular complexity index is 927. The Labute approximate surface area is 219 Å². The van der Waals surface area contributed by atoms with Gasteiger partial charge in [0, 0.05) is 45.0 Å². The number of piperidine rings is 1. The Hall–Kier alpha value is -1.89. The third kappa shape index (κ3) is 7.31. The number of aromatic amines is 1. The lowest BCUT2D eigenvalue weighted by Gasteiger charge is -2.35. The lowest BCUT2D eigenvalue weighted by atomic mass is 9.95. The summed E-state index contributed by atoms with van der Waals surface area (Å²) in [4.78, 5) is 10.4. The molecule has 1 aliphatic heterocycles. The number of nitrogens with one attached hydrogen (secondary N) is 3. The van der Waals surface area contributed by atoms with Crippen molar-refractivity contribution in [2.24, 2.45) is 28.3 Å². The van der Waals surface area contributed by atoms with Gasteiger partial charge < -0.3 is 25.9 Å². The zero-order chi connectivity index (χ0) is 24.5. The number of rotatable bonds is 12.